The molecular weight excluding hydrogens is 216 g/mol. The van der Waals surface area contributed by atoms with E-state index in [0.29, 0.717) is 13.1 Å². The van der Waals surface area contributed by atoms with Gasteiger partial charge in [0.05, 0.1) is 17.6 Å². The van der Waals surface area contributed by atoms with Crippen LogP contribution in [0.2, 0.25) is 0 Å². The molecule has 1 saturated heterocycles. The van der Waals surface area contributed by atoms with Crippen LogP contribution < -0.4 is 5.32 Å². The molecule has 1 heterocycles. The lowest BCUT2D eigenvalue weighted by Crippen LogP contribution is -2.62. The average Bonchev–Trinajstić information content (AvgIpc) is 2.03. The standard InChI is InChI=1S/C6H12ClN2O3S/c1-6(10)9(13(7,11)12)4-2-8-3-5-9/h8H,2-5H2,1H3/q+1. The highest BCUT2D eigenvalue weighted by Gasteiger charge is 2.46. The molecule has 5 nitrogen and oxygen atoms in total. The van der Waals surface area contributed by atoms with Gasteiger partial charge in [-0.05, 0) is 0 Å². The molecule has 0 aromatic carbocycles. The van der Waals surface area contributed by atoms with Gasteiger partial charge in [-0.3, -0.25) is 0 Å². The third-order valence-electron chi connectivity index (χ3n) is 2.29. The van der Waals surface area contributed by atoms with E-state index in [1.165, 1.54) is 6.92 Å². The predicted molar refractivity (Wildman–Crippen MR) is 48.3 cm³/mol. The van der Waals surface area contributed by atoms with Crippen molar-refractivity contribution in [3.8, 4) is 0 Å². The molecule has 7 heteroatoms. The number of nitrogens with zero attached hydrogens (tertiary/aromatic N) is 1. The predicted octanol–water partition coefficient (Wildman–Crippen LogP) is -0.563. The highest BCUT2D eigenvalue weighted by molar-refractivity contribution is 8.09. The van der Waals surface area contributed by atoms with Gasteiger partial charge in [0.2, 0.25) is 0 Å². The average molecular weight is 228 g/mol. The number of halogens is 1. The number of carbonyl (C=O) groups excluding carboxylic acids is 1. The molecular formula is C6H12ClN2O3S+. The smallest absolute Gasteiger partial charge is 0.306 e. The first kappa shape index (κ1) is 10.9. The number of piperazine rings is 1. The fourth-order valence-corrected chi connectivity index (χ4v) is 3.07. The van der Waals surface area contributed by atoms with Crippen molar-refractivity contribution in [2.24, 2.45) is 0 Å². The second-order valence-corrected chi connectivity index (χ2v) is 5.71. The molecule has 1 rings (SSSR count). The van der Waals surface area contributed by atoms with Gasteiger partial charge in [-0.25, -0.2) is 4.79 Å². The molecule has 0 aromatic rings. The topological polar surface area (TPSA) is 63.2 Å². The van der Waals surface area contributed by atoms with Crippen LogP contribution in [-0.4, -0.2) is 44.4 Å². The molecule has 1 fully saturated rings. The van der Waals surface area contributed by atoms with Gasteiger partial charge in [0.1, 0.15) is 13.1 Å². The minimum atomic E-state index is -3.87. The van der Waals surface area contributed by atoms with Crippen molar-refractivity contribution < 1.29 is 17.1 Å². The first-order chi connectivity index (χ1) is 5.90. The normalized spacial score (nSPS) is 22.6. The summed E-state index contributed by atoms with van der Waals surface area (Å²) >= 11 is 0. The van der Waals surface area contributed by atoms with E-state index in [4.69, 9.17) is 10.7 Å². The van der Waals surface area contributed by atoms with Gasteiger partial charge in [-0.15, -0.1) is 3.89 Å². The van der Waals surface area contributed by atoms with E-state index in [0.717, 1.165) is 0 Å². The lowest BCUT2D eigenvalue weighted by molar-refractivity contribution is -0.727. The summed E-state index contributed by atoms with van der Waals surface area (Å²) in [6.45, 7) is 2.66. The van der Waals surface area contributed by atoms with Crippen molar-refractivity contribution in [3.05, 3.63) is 0 Å². The monoisotopic (exact) mass is 227 g/mol. The number of amides is 1. The van der Waals surface area contributed by atoms with E-state index in [2.05, 4.69) is 5.32 Å². The molecule has 76 valence electrons. The molecule has 0 spiro atoms. The number of carbonyl (C=O) groups is 1. The number of hydrogen-bond acceptors (Lipinski definition) is 4. The highest BCUT2D eigenvalue weighted by Crippen LogP contribution is 2.20. The van der Waals surface area contributed by atoms with Crippen molar-refractivity contribution in [3.63, 3.8) is 0 Å². The summed E-state index contributed by atoms with van der Waals surface area (Å²) in [6, 6.07) is 0. The summed E-state index contributed by atoms with van der Waals surface area (Å²) in [7, 11) is 1.39. The van der Waals surface area contributed by atoms with Crippen LogP contribution in [0.5, 0.6) is 0 Å². The fraction of sp³-hybridized carbons (Fsp3) is 0.833. The largest absolute Gasteiger partial charge is 0.395 e. The maximum absolute atomic E-state index is 11.2. The van der Waals surface area contributed by atoms with E-state index in [1.54, 1.807) is 0 Å². The minimum absolute atomic E-state index is 0.209. The Morgan fingerprint density at radius 2 is 1.85 bits per heavy atom. The van der Waals surface area contributed by atoms with Crippen LogP contribution in [0.15, 0.2) is 0 Å². The summed E-state index contributed by atoms with van der Waals surface area (Å²) in [5, 5.41) is 2.98. The van der Waals surface area contributed by atoms with Crippen molar-refractivity contribution in [1.29, 1.82) is 0 Å². The van der Waals surface area contributed by atoms with Crippen LogP contribution in [-0.2, 0) is 14.0 Å². The first-order valence-electron chi connectivity index (χ1n) is 3.94. The van der Waals surface area contributed by atoms with Gasteiger partial charge in [0.15, 0.2) is 0 Å². The van der Waals surface area contributed by atoms with Gasteiger partial charge < -0.3 is 5.32 Å². The molecule has 0 atom stereocenters. The SMILES string of the molecule is CC(=O)[N+]1(S(=O)(=O)Cl)CCNCC1. The highest BCUT2D eigenvalue weighted by atomic mass is 35.7. The van der Waals surface area contributed by atoms with E-state index >= 15 is 0 Å². The molecule has 13 heavy (non-hydrogen) atoms. The lowest BCUT2D eigenvalue weighted by Gasteiger charge is -2.33. The van der Waals surface area contributed by atoms with E-state index in [1.807, 2.05) is 0 Å². The molecule has 1 N–H and O–H groups in total. The van der Waals surface area contributed by atoms with Gasteiger partial charge in [0, 0.05) is 13.1 Å². The molecule has 0 saturated carbocycles. The van der Waals surface area contributed by atoms with Crippen LogP contribution in [0.25, 0.3) is 0 Å². The maximum atomic E-state index is 11.2. The zero-order chi connectivity index (χ0) is 10.1. The second kappa shape index (κ2) is 3.53. The van der Waals surface area contributed by atoms with Crippen molar-refractivity contribution in [2.75, 3.05) is 26.2 Å². The number of nitrogens with one attached hydrogen (secondary N) is 1. The van der Waals surface area contributed by atoms with E-state index < -0.39 is 19.0 Å². The Hall–Kier alpha value is -0.170. The van der Waals surface area contributed by atoms with Gasteiger partial charge in [-0.2, -0.15) is 8.42 Å². The third-order valence-corrected chi connectivity index (χ3v) is 4.54. The summed E-state index contributed by atoms with van der Waals surface area (Å²) in [6.07, 6.45) is 0. The lowest BCUT2D eigenvalue weighted by atomic mass is 10.3. The second-order valence-electron chi connectivity index (χ2n) is 3.02. The molecule has 0 radical (unpaired) electrons. The number of rotatable bonds is 1. The van der Waals surface area contributed by atoms with Crippen LogP contribution in [0.3, 0.4) is 0 Å². The number of hydrogen-bond donors (Lipinski definition) is 1. The molecule has 1 aliphatic rings. The molecule has 0 aromatic heterocycles. The van der Waals surface area contributed by atoms with Crippen molar-refractivity contribution in [1.82, 2.24) is 5.32 Å². The van der Waals surface area contributed by atoms with Gasteiger partial charge in [0.25, 0.3) is 0 Å². The third kappa shape index (κ3) is 1.85. The van der Waals surface area contributed by atoms with Crippen LogP contribution >= 0.6 is 10.7 Å². The molecule has 1 amide bonds. The Balaban J connectivity index is 3.07. The van der Waals surface area contributed by atoms with Crippen LogP contribution in [0.4, 0.5) is 0 Å². The Kier molecular flexibility index (Phi) is 2.96. The van der Waals surface area contributed by atoms with Crippen LogP contribution in [0, 0.1) is 0 Å². The zero-order valence-electron chi connectivity index (χ0n) is 7.29. The first-order valence-corrected chi connectivity index (χ1v) is 6.20. The molecule has 1 aliphatic heterocycles. The van der Waals surface area contributed by atoms with Crippen molar-refractivity contribution >= 4 is 25.8 Å². The van der Waals surface area contributed by atoms with Crippen LogP contribution in [0.1, 0.15) is 6.92 Å². The Bertz CT molecular complexity index is 308. The van der Waals surface area contributed by atoms with E-state index in [9.17, 15) is 13.2 Å². The number of quaternary nitrogens is 1. The Labute approximate surface area is 81.8 Å². The minimum Gasteiger partial charge on any atom is -0.306 e. The van der Waals surface area contributed by atoms with E-state index in [-0.39, 0.29) is 13.1 Å². The Morgan fingerprint density at radius 3 is 2.08 bits per heavy atom. The molecule has 0 bridgehead atoms. The van der Waals surface area contributed by atoms with Gasteiger partial charge >= 0.3 is 15.1 Å². The summed E-state index contributed by atoms with van der Waals surface area (Å²) in [5.74, 6) is -0.420. The summed E-state index contributed by atoms with van der Waals surface area (Å²) in [4.78, 5) is 11.2. The molecule has 0 aliphatic carbocycles. The van der Waals surface area contributed by atoms with Gasteiger partial charge in [-0.1, -0.05) is 0 Å². The summed E-state index contributed by atoms with van der Waals surface area (Å²) < 4.78 is 21.8. The quantitative estimate of drug-likeness (QED) is 0.482. The maximum Gasteiger partial charge on any atom is 0.395 e. The molecule has 0 unspecified atom stereocenters. The Morgan fingerprint density at radius 1 is 1.38 bits per heavy atom. The summed E-state index contributed by atoms with van der Waals surface area (Å²) in [5.41, 5.74) is 0. The van der Waals surface area contributed by atoms with Crippen molar-refractivity contribution in [2.45, 2.75) is 6.92 Å². The zero-order valence-corrected chi connectivity index (χ0v) is 8.86. The fourth-order valence-electron chi connectivity index (χ4n) is 1.44.